The predicted octanol–water partition coefficient (Wildman–Crippen LogP) is 4.04. The number of hydrogen-bond donors (Lipinski definition) is 1. The zero-order valence-electron chi connectivity index (χ0n) is 25.3. The fraction of sp³-hybridized carbons (Fsp3) is 0.720. The molecule has 2 aromatic rings. The largest absolute Gasteiger partial charge is 0.479 e. The van der Waals surface area contributed by atoms with Gasteiger partial charge in [0.05, 0.1) is 31.1 Å². The van der Waals surface area contributed by atoms with Gasteiger partial charge in [-0.05, 0) is 36.3 Å². The average molecular weight is 614 g/mol. The van der Waals surface area contributed by atoms with Crippen molar-refractivity contribution in [1.82, 2.24) is 19.5 Å². The first kappa shape index (κ1) is 31.1. The highest BCUT2D eigenvalue weighted by molar-refractivity contribution is 7.90. The van der Waals surface area contributed by atoms with Gasteiger partial charge in [0.2, 0.25) is 5.88 Å². The summed E-state index contributed by atoms with van der Waals surface area (Å²) in [6, 6.07) is 0. The minimum atomic E-state index is -4.12. The Morgan fingerprint density at radius 3 is 2.20 bits per heavy atom. The molecule has 1 spiro atoms. The Bertz CT molecular complexity index is 1410. The first-order valence-electron chi connectivity index (χ1n) is 13.3. The molecule has 0 amide bonds. The van der Waals surface area contributed by atoms with Crippen LogP contribution in [0.15, 0.2) is 23.8 Å². The summed E-state index contributed by atoms with van der Waals surface area (Å²) in [5.41, 5.74) is 5.78. The van der Waals surface area contributed by atoms with Gasteiger partial charge < -0.3 is 24.1 Å². The summed E-state index contributed by atoms with van der Waals surface area (Å²) in [5, 5.41) is 0.650. The molecule has 15 heteroatoms. The van der Waals surface area contributed by atoms with Crippen molar-refractivity contribution >= 4 is 37.9 Å². The molecule has 2 N–H and O–H groups in total. The van der Waals surface area contributed by atoms with E-state index < -0.39 is 50.8 Å². The van der Waals surface area contributed by atoms with Gasteiger partial charge in [-0.2, -0.15) is 13.4 Å². The van der Waals surface area contributed by atoms with Gasteiger partial charge in [-0.3, -0.25) is 4.57 Å². The molecule has 4 heterocycles. The van der Waals surface area contributed by atoms with E-state index in [1.165, 1.54) is 13.4 Å². The maximum atomic E-state index is 12.9. The van der Waals surface area contributed by atoms with Gasteiger partial charge in [0.1, 0.15) is 18.5 Å². The normalized spacial score (nSPS) is 27.5. The second-order valence-corrected chi connectivity index (χ2v) is 24.5. The summed E-state index contributed by atoms with van der Waals surface area (Å²) in [4.78, 5) is 13.1. The Kier molecular flexibility index (Phi) is 7.65. The molecule has 2 aliphatic heterocycles. The van der Waals surface area contributed by atoms with E-state index in [0.717, 1.165) is 5.41 Å². The van der Waals surface area contributed by atoms with E-state index in [1.54, 1.807) is 10.9 Å². The van der Waals surface area contributed by atoms with E-state index in [0.29, 0.717) is 17.0 Å². The van der Waals surface area contributed by atoms with Crippen LogP contribution in [0.4, 0.5) is 0 Å². The Balaban J connectivity index is 1.90. The lowest BCUT2D eigenvalue weighted by molar-refractivity contribution is -0.0535. The number of imidazole rings is 1. The minimum absolute atomic E-state index is 0.0131. The molecule has 0 aliphatic carbocycles. The van der Waals surface area contributed by atoms with Gasteiger partial charge in [-0.15, -0.1) is 0 Å². The van der Waals surface area contributed by atoms with Gasteiger partial charge in [0.25, 0.3) is 10.1 Å². The topological polar surface area (TPSA) is 150 Å². The molecule has 1 fully saturated rings. The third kappa shape index (κ3) is 5.14. The Hall–Kier alpha value is -1.89. The first-order chi connectivity index (χ1) is 18.2. The van der Waals surface area contributed by atoms with Crippen LogP contribution in [0, 0.1) is 0 Å². The van der Waals surface area contributed by atoms with Gasteiger partial charge in [0, 0.05) is 0 Å². The van der Waals surface area contributed by atoms with Crippen molar-refractivity contribution in [2.45, 2.75) is 102 Å². The lowest BCUT2D eigenvalue weighted by Crippen LogP contribution is -2.59. The molecule has 2 aromatic heterocycles. The van der Waals surface area contributed by atoms with Crippen LogP contribution in [0.1, 0.15) is 47.8 Å². The second-order valence-electron chi connectivity index (χ2n) is 13.5. The van der Waals surface area contributed by atoms with E-state index in [9.17, 15) is 8.42 Å². The third-order valence-corrected chi connectivity index (χ3v) is 18.9. The Labute approximate surface area is 239 Å². The van der Waals surface area contributed by atoms with Gasteiger partial charge in [-0.1, -0.05) is 41.5 Å². The van der Waals surface area contributed by atoms with Crippen LogP contribution in [-0.2, 0) is 27.9 Å². The van der Waals surface area contributed by atoms with Crippen LogP contribution in [0.3, 0.4) is 0 Å². The minimum Gasteiger partial charge on any atom is -0.479 e. The first-order valence-corrected chi connectivity index (χ1v) is 20.6. The van der Waals surface area contributed by atoms with Crippen LogP contribution in [0.25, 0.3) is 11.2 Å². The van der Waals surface area contributed by atoms with Gasteiger partial charge in [0.15, 0.2) is 39.6 Å². The molecule has 2 unspecified atom stereocenters. The fourth-order valence-corrected chi connectivity index (χ4v) is 7.89. The number of fused-ring (bicyclic) bond motifs is 1. The molecule has 1 saturated heterocycles. The Morgan fingerprint density at radius 1 is 1.05 bits per heavy atom. The monoisotopic (exact) mass is 613 g/mol. The standard InChI is InChI=1S/C25H43N5O7SSi2/c1-23(2,3)39(8,9)34-12-17-25(16(26)13-38(31,32)37-25)19(36-40(10,11)24(4,5)6)22(35-17)30-15-29-18-20(30)27-14-28-21(18)33-7/h13-15,17,19,22H,12,26H2,1-11H3/t17?,19-,22+,25?/m0/s1. The number of methoxy groups -OCH3 is 1. The number of nitrogens with two attached hydrogens (primary N) is 1. The second kappa shape index (κ2) is 9.85. The van der Waals surface area contributed by atoms with Gasteiger partial charge in [-0.25, -0.2) is 14.2 Å². The lowest BCUT2D eigenvalue weighted by atomic mass is 9.89. The molecule has 40 heavy (non-hydrogen) atoms. The number of aromatic nitrogens is 4. The van der Waals surface area contributed by atoms with E-state index in [2.05, 4.69) is 82.7 Å². The van der Waals surface area contributed by atoms with Crippen molar-refractivity contribution in [1.29, 1.82) is 0 Å². The van der Waals surface area contributed by atoms with Crippen molar-refractivity contribution in [3.8, 4) is 5.88 Å². The molecule has 0 bridgehead atoms. The molecule has 0 aromatic carbocycles. The third-order valence-electron chi connectivity index (χ3n) is 8.86. The van der Waals surface area contributed by atoms with Crippen LogP contribution in [0.2, 0.25) is 36.3 Å². The molecule has 0 radical (unpaired) electrons. The fourth-order valence-electron chi connectivity index (χ4n) is 4.38. The molecule has 4 rings (SSSR count). The summed E-state index contributed by atoms with van der Waals surface area (Å²) < 4.78 is 59.1. The molecule has 12 nitrogen and oxygen atoms in total. The molecule has 2 aliphatic rings. The highest BCUT2D eigenvalue weighted by atomic mass is 32.2. The Morgan fingerprint density at radius 2 is 1.68 bits per heavy atom. The highest BCUT2D eigenvalue weighted by Gasteiger charge is 2.67. The van der Waals surface area contributed by atoms with E-state index in [-0.39, 0.29) is 22.4 Å². The maximum Gasteiger partial charge on any atom is 0.292 e. The molecule has 0 saturated carbocycles. The molecular weight excluding hydrogens is 571 g/mol. The van der Waals surface area contributed by atoms with Crippen molar-refractivity contribution in [3.63, 3.8) is 0 Å². The van der Waals surface area contributed by atoms with E-state index >= 15 is 0 Å². The average Bonchev–Trinajstić information content (AvgIpc) is 3.43. The summed E-state index contributed by atoms with van der Waals surface area (Å²) in [6.45, 7) is 21.2. The highest BCUT2D eigenvalue weighted by Crippen LogP contribution is 2.52. The van der Waals surface area contributed by atoms with Crippen LogP contribution < -0.4 is 10.5 Å². The summed E-state index contributed by atoms with van der Waals surface area (Å²) in [5.74, 6) is 0.301. The van der Waals surface area contributed by atoms with E-state index in [4.69, 9.17) is 28.2 Å². The smallest absolute Gasteiger partial charge is 0.292 e. The molecule has 4 atom stereocenters. The van der Waals surface area contributed by atoms with Crippen molar-refractivity contribution in [2.24, 2.45) is 5.73 Å². The summed E-state index contributed by atoms with van der Waals surface area (Å²) in [7, 11) is -7.45. The number of ether oxygens (including phenoxy) is 2. The van der Waals surface area contributed by atoms with E-state index in [1.807, 2.05) is 0 Å². The zero-order valence-corrected chi connectivity index (χ0v) is 28.1. The predicted molar refractivity (Wildman–Crippen MR) is 156 cm³/mol. The number of nitrogens with zero attached hydrogens (tertiary/aromatic N) is 4. The van der Waals surface area contributed by atoms with Crippen molar-refractivity contribution < 1.29 is 30.9 Å². The summed E-state index contributed by atoms with van der Waals surface area (Å²) >= 11 is 0. The van der Waals surface area contributed by atoms with Crippen LogP contribution in [-0.4, -0.2) is 76.1 Å². The number of hydrogen-bond acceptors (Lipinski definition) is 11. The summed E-state index contributed by atoms with van der Waals surface area (Å²) in [6.07, 6.45) is 0.163. The maximum absolute atomic E-state index is 12.9. The van der Waals surface area contributed by atoms with Crippen LogP contribution in [0.5, 0.6) is 5.88 Å². The van der Waals surface area contributed by atoms with Crippen molar-refractivity contribution in [3.05, 3.63) is 23.8 Å². The molecular formula is C25H43N5O7SSi2. The number of rotatable bonds is 7. The van der Waals surface area contributed by atoms with Gasteiger partial charge >= 0.3 is 0 Å². The zero-order chi connectivity index (χ0) is 30.1. The lowest BCUT2D eigenvalue weighted by Gasteiger charge is -2.43. The van der Waals surface area contributed by atoms with Crippen LogP contribution >= 0.6 is 0 Å². The van der Waals surface area contributed by atoms with Crippen molar-refractivity contribution in [2.75, 3.05) is 13.7 Å². The quantitative estimate of drug-likeness (QED) is 0.356. The SMILES string of the molecule is COc1ncnc2c1ncn2[C@@H]1OC(CO[Si](C)(C)C(C)(C)C)C2(OS(=O)(=O)C=C2N)[C@H]1O[Si](C)(C)C(C)(C)C. The molecule has 224 valence electrons.